The lowest BCUT2D eigenvalue weighted by Gasteiger charge is -2.35. The first-order chi connectivity index (χ1) is 14.0. The van der Waals surface area contributed by atoms with Gasteiger partial charge < -0.3 is 25.2 Å². The molecule has 0 bridgehead atoms. The molecule has 1 aliphatic heterocycles. The third kappa shape index (κ3) is 9.05. The van der Waals surface area contributed by atoms with Gasteiger partial charge in [0.2, 0.25) is 0 Å². The van der Waals surface area contributed by atoms with Crippen LogP contribution >= 0.6 is 0 Å². The van der Waals surface area contributed by atoms with Crippen molar-refractivity contribution in [3.8, 4) is 5.75 Å². The molecule has 0 aromatic heterocycles. The van der Waals surface area contributed by atoms with Gasteiger partial charge in [0.05, 0.1) is 13.2 Å². The summed E-state index contributed by atoms with van der Waals surface area (Å²) in [5.41, 5.74) is 1.19. The van der Waals surface area contributed by atoms with E-state index in [-0.39, 0.29) is 0 Å². The van der Waals surface area contributed by atoms with Gasteiger partial charge in [0.1, 0.15) is 5.75 Å². The highest BCUT2D eigenvalue weighted by Gasteiger charge is 2.21. The maximum Gasteiger partial charge on any atom is 0.191 e. The van der Waals surface area contributed by atoms with Crippen LogP contribution in [0, 0.1) is 0 Å². The van der Waals surface area contributed by atoms with Crippen LogP contribution in [-0.2, 0) is 6.54 Å². The molecule has 1 fully saturated rings. The van der Waals surface area contributed by atoms with Gasteiger partial charge in [0.15, 0.2) is 5.96 Å². The van der Waals surface area contributed by atoms with Crippen LogP contribution in [0.25, 0.3) is 0 Å². The van der Waals surface area contributed by atoms with Crippen molar-refractivity contribution < 1.29 is 4.74 Å². The first-order valence-corrected chi connectivity index (χ1v) is 11.1. The number of hydrogen-bond acceptors (Lipinski definition) is 4. The number of aliphatic imine (C=N–C) groups is 1. The fourth-order valence-corrected chi connectivity index (χ4v) is 3.51. The maximum absolute atomic E-state index is 5.81. The van der Waals surface area contributed by atoms with E-state index in [0.717, 1.165) is 50.9 Å². The molecular weight excluding hydrogens is 362 g/mol. The molecule has 1 aromatic carbocycles. The first kappa shape index (κ1) is 23.5. The van der Waals surface area contributed by atoms with E-state index >= 15 is 0 Å². The van der Waals surface area contributed by atoms with E-state index in [1.165, 1.54) is 18.4 Å². The van der Waals surface area contributed by atoms with Gasteiger partial charge in [-0.1, -0.05) is 12.1 Å². The van der Waals surface area contributed by atoms with Crippen LogP contribution < -0.4 is 15.4 Å². The summed E-state index contributed by atoms with van der Waals surface area (Å²) in [4.78, 5) is 9.51. The molecule has 0 spiro atoms. The molecule has 29 heavy (non-hydrogen) atoms. The first-order valence-electron chi connectivity index (χ1n) is 11.1. The molecule has 2 rings (SSSR count). The lowest BCUT2D eigenvalue weighted by atomic mass is 10.0. The zero-order valence-corrected chi connectivity index (χ0v) is 19.1. The summed E-state index contributed by atoms with van der Waals surface area (Å²) in [6, 6.07) is 9.44. The van der Waals surface area contributed by atoms with Crippen LogP contribution in [0.4, 0.5) is 0 Å². The van der Waals surface area contributed by atoms with E-state index in [0.29, 0.717) is 18.6 Å². The smallest absolute Gasteiger partial charge is 0.191 e. The highest BCUT2D eigenvalue weighted by atomic mass is 16.5. The van der Waals surface area contributed by atoms with Crippen molar-refractivity contribution in [1.29, 1.82) is 0 Å². The zero-order valence-electron chi connectivity index (χ0n) is 19.1. The quantitative estimate of drug-likeness (QED) is 0.357. The Morgan fingerprint density at radius 3 is 2.48 bits per heavy atom. The summed E-state index contributed by atoms with van der Waals surface area (Å²) in [6.07, 6.45) is 3.37. The molecule has 6 heteroatoms. The lowest BCUT2D eigenvalue weighted by molar-refractivity contribution is 0.167. The second kappa shape index (κ2) is 12.7. The minimum absolute atomic E-state index is 0.501. The van der Waals surface area contributed by atoms with Crippen molar-refractivity contribution in [3.63, 3.8) is 0 Å². The largest absolute Gasteiger partial charge is 0.494 e. The summed E-state index contributed by atoms with van der Waals surface area (Å²) < 4.78 is 5.81. The Morgan fingerprint density at radius 2 is 1.90 bits per heavy atom. The molecule has 0 aliphatic carbocycles. The molecular formula is C23H41N5O. The van der Waals surface area contributed by atoms with Crippen molar-refractivity contribution >= 4 is 5.96 Å². The van der Waals surface area contributed by atoms with Crippen LogP contribution in [0.15, 0.2) is 29.3 Å². The topological polar surface area (TPSA) is 52.1 Å². The minimum Gasteiger partial charge on any atom is -0.494 e. The third-order valence-electron chi connectivity index (χ3n) is 5.31. The number of nitrogens with zero attached hydrogens (tertiary/aromatic N) is 3. The Labute approximate surface area is 177 Å². The van der Waals surface area contributed by atoms with Gasteiger partial charge >= 0.3 is 0 Å². The number of hydrogen-bond donors (Lipinski definition) is 2. The van der Waals surface area contributed by atoms with E-state index in [4.69, 9.17) is 9.73 Å². The molecule has 0 atom stereocenters. The molecule has 2 N–H and O–H groups in total. The SMILES string of the molecule is CCNC(=NCc1ccc(OCCCN(C)C)cc1)NC1CCN(C(C)C)CC1. The summed E-state index contributed by atoms with van der Waals surface area (Å²) >= 11 is 0. The van der Waals surface area contributed by atoms with Crippen LogP contribution in [0.2, 0.25) is 0 Å². The molecule has 0 saturated carbocycles. The molecule has 1 aromatic rings. The lowest BCUT2D eigenvalue weighted by Crippen LogP contribution is -2.49. The zero-order chi connectivity index (χ0) is 21.1. The molecule has 6 nitrogen and oxygen atoms in total. The standard InChI is InChI=1S/C23H41N5O/c1-6-24-23(26-21-12-15-28(16-13-21)19(2)3)25-18-20-8-10-22(11-9-20)29-17-7-14-27(4)5/h8-11,19,21H,6-7,12-18H2,1-5H3,(H2,24,25,26). The van der Waals surface area contributed by atoms with Crippen molar-refractivity contribution in [1.82, 2.24) is 20.4 Å². The van der Waals surface area contributed by atoms with Gasteiger partial charge in [-0.05, 0) is 71.8 Å². The van der Waals surface area contributed by atoms with Gasteiger partial charge in [-0.15, -0.1) is 0 Å². The van der Waals surface area contributed by atoms with E-state index in [9.17, 15) is 0 Å². The molecule has 0 unspecified atom stereocenters. The number of nitrogens with one attached hydrogen (secondary N) is 2. The van der Waals surface area contributed by atoms with Crippen LogP contribution in [0.1, 0.15) is 45.6 Å². The van der Waals surface area contributed by atoms with Crippen molar-refractivity contribution in [2.24, 2.45) is 4.99 Å². The minimum atomic E-state index is 0.501. The summed E-state index contributed by atoms with van der Waals surface area (Å²) in [5, 5.41) is 7.01. The molecule has 0 radical (unpaired) electrons. The predicted octanol–water partition coefficient (Wildman–Crippen LogP) is 2.95. The average Bonchev–Trinajstić information content (AvgIpc) is 2.71. The highest BCUT2D eigenvalue weighted by Crippen LogP contribution is 2.14. The average molecular weight is 404 g/mol. The highest BCUT2D eigenvalue weighted by molar-refractivity contribution is 5.80. The van der Waals surface area contributed by atoms with Crippen molar-refractivity contribution in [2.45, 2.75) is 58.7 Å². The van der Waals surface area contributed by atoms with Crippen molar-refractivity contribution in [2.75, 3.05) is 46.9 Å². The number of ether oxygens (including phenoxy) is 1. The number of guanidine groups is 1. The number of rotatable bonds is 10. The Hall–Kier alpha value is -1.79. The molecule has 1 aliphatic rings. The Bertz CT molecular complexity index is 592. The van der Waals surface area contributed by atoms with Crippen LogP contribution in [0.3, 0.4) is 0 Å². The van der Waals surface area contributed by atoms with E-state index < -0.39 is 0 Å². The number of likely N-dealkylation sites (tertiary alicyclic amines) is 1. The summed E-state index contributed by atoms with van der Waals surface area (Å²) in [7, 11) is 4.17. The Morgan fingerprint density at radius 1 is 1.21 bits per heavy atom. The van der Waals surface area contributed by atoms with Gasteiger partial charge in [0.25, 0.3) is 0 Å². The molecule has 0 amide bonds. The van der Waals surface area contributed by atoms with Crippen LogP contribution in [-0.4, -0.2) is 74.7 Å². The monoisotopic (exact) mass is 403 g/mol. The fourth-order valence-electron chi connectivity index (χ4n) is 3.51. The molecule has 1 heterocycles. The predicted molar refractivity (Wildman–Crippen MR) is 123 cm³/mol. The Balaban J connectivity index is 1.80. The second-order valence-corrected chi connectivity index (χ2v) is 8.39. The van der Waals surface area contributed by atoms with Gasteiger partial charge in [0, 0.05) is 38.3 Å². The summed E-state index contributed by atoms with van der Waals surface area (Å²) in [6.45, 7) is 12.3. The maximum atomic E-state index is 5.81. The third-order valence-corrected chi connectivity index (χ3v) is 5.31. The normalized spacial score (nSPS) is 16.4. The van der Waals surface area contributed by atoms with E-state index in [2.05, 4.69) is 67.4 Å². The van der Waals surface area contributed by atoms with Gasteiger partial charge in [-0.25, -0.2) is 4.99 Å². The summed E-state index contributed by atoms with van der Waals surface area (Å²) in [5.74, 6) is 1.85. The second-order valence-electron chi connectivity index (χ2n) is 8.39. The molecule has 1 saturated heterocycles. The number of benzene rings is 1. The molecule has 164 valence electrons. The van der Waals surface area contributed by atoms with Gasteiger partial charge in [-0.2, -0.15) is 0 Å². The van der Waals surface area contributed by atoms with E-state index in [1.807, 2.05) is 12.1 Å². The Kier molecular flexibility index (Phi) is 10.3. The number of piperidine rings is 1. The van der Waals surface area contributed by atoms with Gasteiger partial charge in [-0.3, -0.25) is 0 Å². The fraction of sp³-hybridized carbons (Fsp3) is 0.696. The van der Waals surface area contributed by atoms with E-state index in [1.54, 1.807) is 0 Å². The van der Waals surface area contributed by atoms with Crippen LogP contribution in [0.5, 0.6) is 5.75 Å². The van der Waals surface area contributed by atoms with Crippen molar-refractivity contribution in [3.05, 3.63) is 29.8 Å².